The van der Waals surface area contributed by atoms with Crippen LogP contribution in [0.4, 0.5) is 0 Å². The third-order valence-corrected chi connectivity index (χ3v) is 5.91. The summed E-state index contributed by atoms with van der Waals surface area (Å²) in [4.78, 5) is 2.61. The largest absolute Gasteiger partial charge is 0.294 e. The number of rotatable bonds is 1. The molecule has 0 aromatic heterocycles. The number of nitrogens with zero attached hydrogens (tertiary/aromatic N) is 1. The van der Waals surface area contributed by atoms with Crippen molar-refractivity contribution in [1.29, 1.82) is 0 Å². The molecule has 0 N–H and O–H groups in total. The van der Waals surface area contributed by atoms with Gasteiger partial charge in [-0.15, -0.1) is 0 Å². The lowest BCUT2D eigenvalue weighted by Gasteiger charge is -2.38. The molecule has 3 rings (SSSR count). The highest BCUT2D eigenvalue weighted by molar-refractivity contribution is 6.52. The Bertz CT molecular complexity index is 260. The monoisotopic (exact) mass is 247 g/mol. The van der Waals surface area contributed by atoms with Gasteiger partial charge in [-0.1, -0.05) is 42.5 Å². The standard InChI is InChI=1S/C12H19Cl2N/c13-12(14)10-6-2-3-7-11(10,12)15-8-4-1-5-9-15/h10H,1-9H2/t10-,11+/m1/s1. The number of hydrogen-bond donors (Lipinski definition) is 0. The predicted octanol–water partition coefficient (Wildman–Crippen LogP) is 3.59. The summed E-state index contributed by atoms with van der Waals surface area (Å²) in [5.41, 5.74) is 0.175. The fraction of sp³-hybridized carbons (Fsp3) is 1.00. The molecule has 1 heterocycles. The Morgan fingerprint density at radius 2 is 1.67 bits per heavy atom. The van der Waals surface area contributed by atoms with E-state index in [2.05, 4.69) is 4.90 Å². The van der Waals surface area contributed by atoms with Crippen molar-refractivity contribution in [3.63, 3.8) is 0 Å². The van der Waals surface area contributed by atoms with Crippen LogP contribution in [-0.4, -0.2) is 27.9 Å². The molecule has 1 aliphatic heterocycles. The predicted molar refractivity (Wildman–Crippen MR) is 64.6 cm³/mol. The molecule has 0 unspecified atom stereocenters. The summed E-state index contributed by atoms with van der Waals surface area (Å²) in [6, 6.07) is 0. The zero-order valence-electron chi connectivity index (χ0n) is 9.14. The molecule has 0 radical (unpaired) electrons. The molecule has 86 valence electrons. The number of piperidine rings is 1. The van der Waals surface area contributed by atoms with Gasteiger partial charge in [0.15, 0.2) is 0 Å². The van der Waals surface area contributed by atoms with E-state index in [0.717, 1.165) is 0 Å². The van der Waals surface area contributed by atoms with Gasteiger partial charge in [0.25, 0.3) is 0 Å². The maximum atomic E-state index is 6.53. The minimum atomic E-state index is -0.430. The van der Waals surface area contributed by atoms with Gasteiger partial charge in [0, 0.05) is 5.92 Å². The molecule has 15 heavy (non-hydrogen) atoms. The SMILES string of the molecule is ClC1(Cl)[C@@H]2CCCC[C@]21N1CCCCC1. The molecule has 0 aromatic carbocycles. The molecule has 0 amide bonds. The van der Waals surface area contributed by atoms with Crippen molar-refractivity contribution in [3.05, 3.63) is 0 Å². The molecule has 0 spiro atoms. The highest BCUT2D eigenvalue weighted by atomic mass is 35.5. The number of fused-ring (bicyclic) bond motifs is 1. The zero-order chi connectivity index (χ0) is 10.5. The summed E-state index contributed by atoms with van der Waals surface area (Å²) in [6.07, 6.45) is 9.15. The lowest BCUT2D eigenvalue weighted by Crippen LogP contribution is -2.45. The van der Waals surface area contributed by atoms with Crippen molar-refractivity contribution in [2.24, 2.45) is 5.92 Å². The van der Waals surface area contributed by atoms with Crippen LogP contribution >= 0.6 is 23.2 Å². The van der Waals surface area contributed by atoms with E-state index < -0.39 is 4.33 Å². The van der Waals surface area contributed by atoms with Crippen LogP contribution in [0.1, 0.15) is 44.9 Å². The first-order chi connectivity index (χ1) is 7.19. The summed E-state index contributed by atoms with van der Waals surface area (Å²) in [6.45, 7) is 2.44. The van der Waals surface area contributed by atoms with Crippen molar-refractivity contribution in [2.45, 2.75) is 54.8 Å². The Labute approximate surface area is 102 Å². The highest BCUT2D eigenvalue weighted by Crippen LogP contribution is 2.71. The molecule has 3 fully saturated rings. The van der Waals surface area contributed by atoms with E-state index in [9.17, 15) is 0 Å². The molecule has 0 aromatic rings. The molecule has 2 aliphatic carbocycles. The molecule has 2 atom stereocenters. The lowest BCUT2D eigenvalue weighted by atomic mass is 9.92. The molecule has 1 saturated heterocycles. The van der Waals surface area contributed by atoms with Gasteiger partial charge in [0.1, 0.15) is 4.33 Å². The van der Waals surface area contributed by atoms with Gasteiger partial charge in [0.05, 0.1) is 5.54 Å². The average Bonchev–Trinajstić information content (AvgIpc) is 2.80. The molecular formula is C12H19Cl2N. The summed E-state index contributed by atoms with van der Waals surface area (Å²) in [5.74, 6) is 0.556. The summed E-state index contributed by atoms with van der Waals surface area (Å²) in [5, 5.41) is 0. The topological polar surface area (TPSA) is 3.24 Å². The Morgan fingerprint density at radius 3 is 2.33 bits per heavy atom. The van der Waals surface area contributed by atoms with Gasteiger partial charge < -0.3 is 0 Å². The number of alkyl halides is 2. The molecular weight excluding hydrogens is 229 g/mol. The third kappa shape index (κ3) is 1.33. The number of hydrogen-bond acceptors (Lipinski definition) is 1. The minimum Gasteiger partial charge on any atom is -0.294 e. The first-order valence-electron chi connectivity index (χ1n) is 6.32. The van der Waals surface area contributed by atoms with Gasteiger partial charge in [-0.25, -0.2) is 0 Å². The summed E-state index contributed by atoms with van der Waals surface area (Å²) >= 11 is 13.1. The van der Waals surface area contributed by atoms with E-state index in [-0.39, 0.29) is 5.54 Å². The van der Waals surface area contributed by atoms with Crippen molar-refractivity contribution < 1.29 is 0 Å². The number of likely N-dealkylation sites (tertiary alicyclic amines) is 1. The van der Waals surface area contributed by atoms with Gasteiger partial charge in [0.2, 0.25) is 0 Å². The molecule has 0 bridgehead atoms. The first-order valence-corrected chi connectivity index (χ1v) is 7.08. The number of halogens is 2. The second-order valence-electron chi connectivity index (χ2n) is 5.39. The van der Waals surface area contributed by atoms with E-state index >= 15 is 0 Å². The minimum absolute atomic E-state index is 0.175. The molecule has 1 nitrogen and oxygen atoms in total. The highest BCUT2D eigenvalue weighted by Gasteiger charge is 2.77. The van der Waals surface area contributed by atoms with E-state index in [0.29, 0.717) is 5.92 Å². The van der Waals surface area contributed by atoms with Crippen LogP contribution in [0.15, 0.2) is 0 Å². The van der Waals surface area contributed by atoms with E-state index in [1.54, 1.807) is 0 Å². The smallest absolute Gasteiger partial charge is 0.141 e. The second-order valence-corrected chi connectivity index (χ2v) is 6.78. The zero-order valence-corrected chi connectivity index (χ0v) is 10.7. The summed E-state index contributed by atoms with van der Waals surface area (Å²) < 4.78 is -0.430. The molecule has 2 saturated carbocycles. The Kier molecular flexibility index (Phi) is 2.50. The molecule has 3 heteroatoms. The van der Waals surface area contributed by atoms with Crippen LogP contribution in [0.5, 0.6) is 0 Å². The maximum absolute atomic E-state index is 6.53. The van der Waals surface area contributed by atoms with Crippen molar-refractivity contribution >= 4 is 23.2 Å². The Morgan fingerprint density at radius 1 is 0.933 bits per heavy atom. The third-order valence-electron chi connectivity index (χ3n) is 4.73. The van der Waals surface area contributed by atoms with Crippen molar-refractivity contribution in [1.82, 2.24) is 4.90 Å². The Hall–Kier alpha value is 0.540. The van der Waals surface area contributed by atoms with E-state index in [1.807, 2.05) is 0 Å². The van der Waals surface area contributed by atoms with Crippen LogP contribution in [-0.2, 0) is 0 Å². The lowest BCUT2D eigenvalue weighted by molar-refractivity contribution is 0.109. The summed E-state index contributed by atoms with van der Waals surface area (Å²) in [7, 11) is 0. The maximum Gasteiger partial charge on any atom is 0.141 e. The Balaban J connectivity index is 1.82. The quantitative estimate of drug-likeness (QED) is 0.641. The van der Waals surface area contributed by atoms with Crippen LogP contribution in [0.2, 0.25) is 0 Å². The van der Waals surface area contributed by atoms with Crippen LogP contribution in [0, 0.1) is 5.92 Å². The molecule has 3 aliphatic rings. The fourth-order valence-corrected chi connectivity index (χ4v) is 5.07. The van der Waals surface area contributed by atoms with Crippen LogP contribution < -0.4 is 0 Å². The van der Waals surface area contributed by atoms with Crippen LogP contribution in [0.3, 0.4) is 0 Å². The van der Waals surface area contributed by atoms with Crippen molar-refractivity contribution in [2.75, 3.05) is 13.1 Å². The van der Waals surface area contributed by atoms with Gasteiger partial charge in [-0.2, -0.15) is 0 Å². The fourth-order valence-electron chi connectivity index (χ4n) is 3.90. The van der Waals surface area contributed by atoms with Gasteiger partial charge in [-0.05, 0) is 38.8 Å². The van der Waals surface area contributed by atoms with Gasteiger partial charge in [-0.3, -0.25) is 4.90 Å². The second kappa shape index (κ2) is 3.51. The van der Waals surface area contributed by atoms with E-state index in [1.165, 1.54) is 58.0 Å². The average molecular weight is 248 g/mol. The van der Waals surface area contributed by atoms with Gasteiger partial charge >= 0.3 is 0 Å². The first kappa shape index (κ1) is 10.7. The van der Waals surface area contributed by atoms with Crippen molar-refractivity contribution in [3.8, 4) is 0 Å². The van der Waals surface area contributed by atoms with E-state index in [4.69, 9.17) is 23.2 Å². The van der Waals surface area contributed by atoms with Crippen LogP contribution in [0.25, 0.3) is 0 Å². The normalized spacial score (nSPS) is 44.8.